The van der Waals surface area contributed by atoms with Gasteiger partial charge in [-0.2, -0.15) is 0 Å². The minimum atomic E-state index is -3.82. The van der Waals surface area contributed by atoms with Crippen molar-refractivity contribution in [3.8, 4) is 0 Å². The topological polar surface area (TPSA) is 92.3 Å². The number of nitrogens with one attached hydrogen (secondary N) is 2. The Balaban J connectivity index is 3.50. The summed E-state index contributed by atoms with van der Waals surface area (Å²) in [5.74, 6) is 0. The predicted molar refractivity (Wildman–Crippen MR) is 79.2 cm³/mol. The Morgan fingerprint density at radius 3 is 2.00 bits per heavy atom. The van der Waals surface area contributed by atoms with Crippen molar-refractivity contribution in [2.24, 2.45) is 0 Å². The third-order valence-electron chi connectivity index (χ3n) is 2.38. The summed E-state index contributed by atoms with van der Waals surface area (Å²) in [5, 5.41) is 2.75. The maximum absolute atomic E-state index is 12.4. The number of rotatable bonds is 4. The number of sulfone groups is 1. The lowest BCUT2D eigenvalue weighted by molar-refractivity contribution is 0.491. The molecule has 8 heteroatoms. The molecule has 0 aliphatic rings. The fraction of sp³-hybridized carbons (Fsp3) is 0.500. The first-order valence-electron chi connectivity index (χ1n) is 5.93. The quantitative estimate of drug-likeness (QED) is 0.870. The van der Waals surface area contributed by atoms with Gasteiger partial charge in [-0.15, -0.1) is 0 Å². The molecule has 114 valence electrons. The van der Waals surface area contributed by atoms with Crippen LogP contribution in [0.25, 0.3) is 0 Å². The standard InChI is InChI=1S/C12H20N2O4S2/c1-12(2,3)14-20(17,18)11-8-9(19(5,15)16)6-7-10(11)13-4/h6-8,13-14H,1-5H3. The molecule has 0 spiro atoms. The molecule has 6 nitrogen and oxygen atoms in total. The smallest absolute Gasteiger partial charge is 0.243 e. The summed E-state index contributed by atoms with van der Waals surface area (Å²) >= 11 is 0. The van der Waals surface area contributed by atoms with Crippen molar-refractivity contribution in [3.63, 3.8) is 0 Å². The molecule has 0 saturated heterocycles. The van der Waals surface area contributed by atoms with Crippen molar-refractivity contribution in [1.82, 2.24) is 4.72 Å². The molecular formula is C12H20N2O4S2. The van der Waals surface area contributed by atoms with E-state index in [1.807, 2.05) is 0 Å². The van der Waals surface area contributed by atoms with Gasteiger partial charge in [0.15, 0.2) is 9.84 Å². The summed E-state index contributed by atoms with van der Waals surface area (Å²) in [5.41, 5.74) is -0.320. The summed E-state index contributed by atoms with van der Waals surface area (Å²) in [6.07, 6.45) is 1.04. The van der Waals surface area contributed by atoms with E-state index in [0.717, 1.165) is 12.3 Å². The van der Waals surface area contributed by atoms with Crippen LogP contribution in [0.5, 0.6) is 0 Å². The van der Waals surface area contributed by atoms with Crippen LogP contribution in [0.4, 0.5) is 5.69 Å². The first-order chi connectivity index (χ1) is 8.87. The van der Waals surface area contributed by atoms with Crippen LogP contribution >= 0.6 is 0 Å². The van der Waals surface area contributed by atoms with Crippen molar-refractivity contribution in [2.45, 2.75) is 36.1 Å². The second-order valence-corrected chi connectivity index (χ2v) is 9.20. The summed E-state index contributed by atoms with van der Waals surface area (Å²) in [7, 11) is -5.72. The number of benzene rings is 1. The molecule has 0 unspecified atom stereocenters. The third-order valence-corrected chi connectivity index (χ3v) is 5.29. The lowest BCUT2D eigenvalue weighted by Gasteiger charge is -2.21. The highest BCUT2D eigenvalue weighted by Crippen LogP contribution is 2.25. The van der Waals surface area contributed by atoms with Gasteiger partial charge in [0.05, 0.1) is 10.6 Å². The van der Waals surface area contributed by atoms with Gasteiger partial charge in [0.25, 0.3) is 0 Å². The maximum Gasteiger partial charge on any atom is 0.243 e. The van der Waals surface area contributed by atoms with Crippen LogP contribution in [0.15, 0.2) is 28.0 Å². The minimum absolute atomic E-state index is 0.0363. The molecular weight excluding hydrogens is 300 g/mol. The number of hydrogen-bond acceptors (Lipinski definition) is 5. The van der Waals surface area contributed by atoms with E-state index in [2.05, 4.69) is 10.0 Å². The molecule has 0 bridgehead atoms. The Kier molecular flexibility index (Phi) is 4.52. The highest BCUT2D eigenvalue weighted by molar-refractivity contribution is 7.91. The lowest BCUT2D eigenvalue weighted by Crippen LogP contribution is -2.40. The molecule has 2 N–H and O–H groups in total. The van der Waals surface area contributed by atoms with Gasteiger partial charge < -0.3 is 5.32 Å². The number of sulfonamides is 1. The molecule has 0 saturated carbocycles. The van der Waals surface area contributed by atoms with Crippen LogP contribution in [0.1, 0.15) is 20.8 Å². The highest BCUT2D eigenvalue weighted by Gasteiger charge is 2.25. The van der Waals surface area contributed by atoms with Gasteiger partial charge in [-0.05, 0) is 39.0 Å². The zero-order chi connectivity index (χ0) is 15.8. The first-order valence-corrected chi connectivity index (χ1v) is 9.30. The van der Waals surface area contributed by atoms with Crippen molar-refractivity contribution >= 4 is 25.5 Å². The second kappa shape index (κ2) is 5.34. The summed E-state index contributed by atoms with van der Waals surface area (Å²) in [4.78, 5) is -0.122. The van der Waals surface area contributed by atoms with Gasteiger partial charge in [-0.3, -0.25) is 0 Å². The zero-order valence-electron chi connectivity index (χ0n) is 12.2. The molecule has 1 aromatic carbocycles. The number of anilines is 1. The van der Waals surface area contributed by atoms with Gasteiger partial charge in [-0.1, -0.05) is 0 Å². The normalized spacial score (nSPS) is 13.2. The average Bonchev–Trinajstić information content (AvgIpc) is 2.23. The molecule has 0 amide bonds. The predicted octanol–water partition coefficient (Wildman–Crippen LogP) is 1.21. The molecule has 0 heterocycles. The van der Waals surface area contributed by atoms with Crippen LogP contribution in [-0.4, -0.2) is 35.7 Å². The van der Waals surface area contributed by atoms with E-state index in [0.29, 0.717) is 5.69 Å². The molecule has 1 aromatic rings. The Morgan fingerprint density at radius 2 is 1.60 bits per heavy atom. The Hall–Kier alpha value is -1.12. The van der Waals surface area contributed by atoms with Crippen molar-refractivity contribution in [3.05, 3.63) is 18.2 Å². The molecule has 20 heavy (non-hydrogen) atoms. The highest BCUT2D eigenvalue weighted by atomic mass is 32.2. The van der Waals surface area contributed by atoms with E-state index in [4.69, 9.17) is 0 Å². The van der Waals surface area contributed by atoms with Gasteiger partial charge in [0.2, 0.25) is 10.0 Å². The van der Waals surface area contributed by atoms with E-state index in [9.17, 15) is 16.8 Å². The van der Waals surface area contributed by atoms with E-state index in [1.54, 1.807) is 27.8 Å². The molecule has 0 atom stereocenters. The molecule has 0 aromatic heterocycles. The fourth-order valence-corrected chi connectivity index (χ4v) is 4.00. The molecule has 0 fully saturated rings. The molecule has 0 aliphatic heterocycles. The Morgan fingerprint density at radius 1 is 1.05 bits per heavy atom. The average molecular weight is 320 g/mol. The Labute approximate surface area is 120 Å². The second-order valence-electron chi connectivity index (χ2n) is 5.54. The summed E-state index contributed by atoms with van der Waals surface area (Å²) < 4.78 is 50.3. The molecule has 1 rings (SSSR count). The van der Waals surface area contributed by atoms with Crippen LogP contribution in [-0.2, 0) is 19.9 Å². The zero-order valence-corrected chi connectivity index (χ0v) is 13.8. The van der Waals surface area contributed by atoms with Crippen LogP contribution in [0, 0.1) is 0 Å². The first kappa shape index (κ1) is 16.9. The number of hydrogen-bond donors (Lipinski definition) is 2. The van der Waals surface area contributed by atoms with Crippen LogP contribution < -0.4 is 10.0 Å². The van der Waals surface area contributed by atoms with Crippen LogP contribution in [0.3, 0.4) is 0 Å². The minimum Gasteiger partial charge on any atom is -0.387 e. The van der Waals surface area contributed by atoms with E-state index in [1.165, 1.54) is 12.1 Å². The van der Waals surface area contributed by atoms with Gasteiger partial charge >= 0.3 is 0 Å². The van der Waals surface area contributed by atoms with Crippen LogP contribution in [0.2, 0.25) is 0 Å². The molecule has 0 radical (unpaired) electrons. The van der Waals surface area contributed by atoms with E-state index in [-0.39, 0.29) is 9.79 Å². The van der Waals surface area contributed by atoms with E-state index < -0.39 is 25.4 Å². The Bertz CT molecular complexity index is 701. The van der Waals surface area contributed by atoms with Crippen molar-refractivity contribution in [2.75, 3.05) is 18.6 Å². The fourth-order valence-electron chi connectivity index (χ4n) is 1.62. The van der Waals surface area contributed by atoms with Gasteiger partial charge in [-0.25, -0.2) is 21.6 Å². The van der Waals surface area contributed by atoms with E-state index >= 15 is 0 Å². The SMILES string of the molecule is CNc1ccc(S(C)(=O)=O)cc1S(=O)(=O)NC(C)(C)C. The monoisotopic (exact) mass is 320 g/mol. The van der Waals surface area contributed by atoms with Gasteiger partial charge in [0, 0.05) is 18.8 Å². The van der Waals surface area contributed by atoms with Crippen molar-refractivity contribution < 1.29 is 16.8 Å². The maximum atomic E-state index is 12.4. The largest absolute Gasteiger partial charge is 0.387 e. The summed E-state index contributed by atoms with van der Waals surface area (Å²) in [6, 6.07) is 3.97. The lowest BCUT2D eigenvalue weighted by atomic mass is 10.1. The van der Waals surface area contributed by atoms with Crippen molar-refractivity contribution in [1.29, 1.82) is 0 Å². The van der Waals surface area contributed by atoms with Gasteiger partial charge in [0.1, 0.15) is 4.90 Å². The summed E-state index contributed by atoms with van der Waals surface area (Å²) in [6.45, 7) is 5.14. The third kappa shape index (κ3) is 4.19. The molecule has 0 aliphatic carbocycles.